The highest BCUT2D eigenvalue weighted by atomic mass is 31.2. The molecular formula is C10H17N2O8P. The number of hydrazone groups is 1. The van der Waals surface area contributed by atoms with Gasteiger partial charge in [0, 0.05) is 14.2 Å². The van der Waals surface area contributed by atoms with Crippen LogP contribution < -0.4 is 0 Å². The Morgan fingerprint density at radius 1 is 1.14 bits per heavy atom. The summed E-state index contributed by atoms with van der Waals surface area (Å²) in [4.78, 5) is 23.8. The number of ether oxygens (including phenoxy) is 3. The van der Waals surface area contributed by atoms with Gasteiger partial charge in [-0.25, -0.2) is 4.79 Å². The Hall–Kier alpha value is -1.64. The SMILES string of the molecule is COC(=O)N1CC(C(=O)OC)(P(=O)(OC)OC)C(OC)=N1. The second kappa shape index (κ2) is 6.42. The van der Waals surface area contributed by atoms with Crippen molar-refractivity contribution < 1.29 is 37.4 Å². The van der Waals surface area contributed by atoms with Gasteiger partial charge in [-0.15, -0.1) is 5.10 Å². The third-order valence-corrected chi connectivity index (χ3v) is 5.41. The Bertz CT molecular complexity index is 499. The van der Waals surface area contributed by atoms with Gasteiger partial charge in [0.25, 0.3) is 5.16 Å². The maximum atomic E-state index is 12.8. The van der Waals surface area contributed by atoms with Crippen LogP contribution in [0.25, 0.3) is 0 Å². The maximum Gasteiger partial charge on any atom is 0.430 e. The lowest BCUT2D eigenvalue weighted by Crippen LogP contribution is -2.51. The molecule has 0 aliphatic carbocycles. The number of methoxy groups -OCH3 is 3. The molecule has 0 fully saturated rings. The molecule has 0 radical (unpaired) electrons. The highest BCUT2D eigenvalue weighted by Gasteiger charge is 2.67. The van der Waals surface area contributed by atoms with E-state index in [1.54, 1.807) is 0 Å². The lowest BCUT2D eigenvalue weighted by atomic mass is 10.1. The van der Waals surface area contributed by atoms with Crippen LogP contribution in [0, 0.1) is 0 Å². The average Bonchev–Trinajstić information content (AvgIpc) is 2.93. The Balaban J connectivity index is 3.46. The van der Waals surface area contributed by atoms with Crippen molar-refractivity contribution in [2.45, 2.75) is 5.16 Å². The van der Waals surface area contributed by atoms with Crippen LogP contribution in [0.5, 0.6) is 0 Å². The molecule has 10 nitrogen and oxygen atoms in total. The molecule has 1 aliphatic rings. The molecule has 1 amide bonds. The predicted molar refractivity (Wildman–Crippen MR) is 69.9 cm³/mol. The van der Waals surface area contributed by atoms with Gasteiger partial charge in [-0.05, 0) is 0 Å². The zero-order valence-electron chi connectivity index (χ0n) is 12.3. The Labute approximate surface area is 121 Å². The predicted octanol–water partition coefficient (Wildman–Crippen LogP) is 0.426. The van der Waals surface area contributed by atoms with Crippen LogP contribution in [-0.2, 0) is 32.6 Å². The van der Waals surface area contributed by atoms with E-state index in [1.807, 2.05) is 0 Å². The Morgan fingerprint density at radius 3 is 2.10 bits per heavy atom. The molecule has 0 bridgehead atoms. The van der Waals surface area contributed by atoms with Crippen LogP contribution in [0.4, 0.5) is 4.79 Å². The lowest BCUT2D eigenvalue weighted by molar-refractivity contribution is -0.142. The molecule has 1 heterocycles. The highest BCUT2D eigenvalue weighted by molar-refractivity contribution is 7.58. The fourth-order valence-electron chi connectivity index (χ4n) is 1.95. The van der Waals surface area contributed by atoms with Crippen LogP contribution in [0.15, 0.2) is 5.10 Å². The maximum absolute atomic E-state index is 12.8. The molecule has 1 rings (SSSR count). The minimum absolute atomic E-state index is 0.327. The fourth-order valence-corrected chi connectivity index (χ4v) is 3.72. The molecule has 1 unspecified atom stereocenters. The molecule has 21 heavy (non-hydrogen) atoms. The third kappa shape index (κ3) is 2.50. The van der Waals surface area contributed by atoms with Gasteiger partial charge in [-0.1, -0.05) is 0 Å². The van der Waals surface area contributed by atoms with Crippen molar-refractivity contribution in [3.05, 3.63) is 0 Å². The highest BCUT2D eigenvalue weighted by Crippen LogP contribution is 2.61. The second-order valence-corrected chi connectivity index (χ2v) is 6.34. The first kappa shape index (κ1) is 17.4. The summed E-state index contributed by atoms with van der Waals surface area (Å²) in [7, 11) is 1.55. The first-order valence-corrected chi connectivity index (χ1v) is 7.19. The van der Waals surface area contributed by atoms with Crippen molar-refractivity contribution >= 4 is 25.6 Å². The fraction of sp³-hybridized carbons (Fsp3) is 0.700. The summed E-state index contributed by atoms with van der Waals surface area (Å²) in [6.07, 6.45) is -0.867. The average molecular weight is 324 g/mol. The molecule has 0 aromatic carbocycles. The van der Waals surface area contributed by atoms with Crippen LogP contribution in [0.2, 0.25) is 0 Å². The number of carbonyl (C=O) groups is 2. The number of carbonyl (C=O) groups excluding carboxylic acids is 2. The van der Waals surface area contributed by atoms with E-state index in [0.29, 0.717) is 0 Å². The van der Waals surface area contributed by atoms with Crippen LogP contribution in [0.3, 0.4) is 0 Å². The largest absolute Gasteiger partial charge is 0.482 e. The first-order chi connectivity index (χ1) is 9.86. The van der Waals surface area contributed by atoms with E-state index >= 15 is 0 Å². The third-order valence-electron chi connectivity index (χ3n) is 2.99. The molecule has 0 N–H and O–H groups in total. The van der Waals surface area contributed by atoms with E-state index in [0.717, 1.165) is 33.4 Å². The second-order valence-electron chi connectivity index (χ2n) is 3.85. The normalized spacial score (nSPS) is 21.8. The molecule has 11 heteroatoms. The lowest BCUT2D eigenvalue weighted by Gasteiger charge is -2.31. The van der Waals surface area contributed by atoms with Crippen LogP contribution in [-0.4, -0.2) is 70.2 Å². The molecular weight excluding hydrogens is 307 g/mol. The molecule has 0 saturated carbocycles. The van der Waals surface area contributed by atoms with E-state index in [2.05, 4.69) is 14.6 Å². The molecule has 1 atom stereocenters. The first-order valence-electron chi connectivity index (χ1n) is 5.65. The Kier molecular flexibility index (Phi) is 5.32. The van der Waals surface area contributed by atoms with Gasteiger partial charge in [0.1, 0.15) is 0 Å². The molecule has 0 aromatic heterocycles. The van der Waals surface area contributed by atoms with E-state index in [-0.39, 0.29) is 5.90 Å². The molecule has 0 aromatic rings. The molecule has 120 valence electrons. The van der Waals surface area contributed by atoms with Gasteiger partial charge in [0.05, 0.1) is 27.9 Å². The van der Waals surface area contributed by atoms with Crippen molar-refractivity contribution in [3.8, 4) is 0 Å². The summed E-state index contributed by atoms with van der Waals surface area (Å²) in [6.45, 7) is -0.464. The number of esters is 1. The number of amides is 1. The number of nitrogens with zero attached hydrogens (tertiary/aromatic N) is 2. The number of hydrogen-bond donors (Lipinski definition) is 0. The van der Waals surface area contributed by atoms with Crippen molar-refractivity contribution in [2.75, 3.05) is 42.1 Å². The summed E-state index contributed by atoms with van der Waals surface area (Å²) in [6, 6.07) is 0. The van der Waals surface area contributed by atoms with Gasteiger partial charge in [-0.2, -0.15) is 5.01 Å². The minimum atomic E-state index is -4.07. The summed E-state index contributed by atoms with van der Waals surface area (Å²) in [5, 5.41) is 2.54. The molecule has 0 spiro atoms. The standard InChI is InChI=1S/C10H17N2O8P/c1-16-7-10(8(13)17-2,21(15,19-4)20-5)6-12(11-7)9(14)18-3/h6H2,1-5H3. The van der Waals surface area contributed by atoms with E-state index in [9.17, 15) is 14.2 Å². The van der Waals surface area contributed by atoms with E-state index in [4.69, 9.17) is 13.8 Å². The van der Waals surface area contributed by atoms with Gasteiger partial charge >= 0.3 is 19.7 Å². The summed E-state index contributed by atoms with van der Waals surface area (Å²) in [5.74, 6) is -1.30. The van der Waals surface area contributed by atoms with Gasteiger partial charge in [0.2, 0.25) is 5.90 Å². The van der Waals surface area contributed by atoms with Crippen molar-refractivity contribution in [2.24, 2.45) is 5.10 Å². The van der Waals surface area contributed by atoms with Crippen LogP contribution in [0.1, 0.15) is 0 Å². The molecule has 1 aliphatic heterocycles. The van der Waals surface area contributed by atoms with Gasteiger partial charge in [-0.3, -0.25) is 9.36 Å². The smallest absolute Gasteiger partial charge is 0.430 e. The molecule has 0 saturated heterocycles. The number of rotatable bonds is 4. The zero-order chi connectivity index (χ0) is 16.3. The monoisotopic (exact) mass is 324 g/mol. The topological polar surface area (TPSA) is 113 Å². The van der Waals surface area contributed by atoms with Crippen molar-refractivity contribution in [3.63, 3.8) is 0 Å². The summed E-state index contributed by atoms with van der Waals surface area (Å²) in [5.41, 5.74) is 0. The van der Waals surface area contributed by atoms with Crippen molar-refractivity contribution in [1.82, 2.24) is 5.01 Å². The number of hydrogen-bond acceptors (Lipinski definition) is 9. The summed E-state index contributed by atoms with van der Waals surface area (Å²) >= 11 is 0. The van der Waals surface area contributed by atoms with E-state index < -0.39 is 31.4 Å². The van der Waals surface area contributed by atoms with Gasteiger partial charge < -0.3 is 23.3 Å². The van der Waals surface area contributed by atoms with E-state index in [1.165, 1.54) is 7.11 Å². The quantitative estimate of drug-likeness (QED) is 0.540. The Morgan fingerprint density at radius 2 is 1.71 bits per heavy atom. The minimum Gasteiger partial charge on any atom is -0.482 e. The van der Waals surface area contributed by atoms with Crippen molar-refractivity contribution in [1.29, 1.82) is 0 Å². The summed E-state index contributed by atoms with van der Waals surface area (Å²) < 4.78 is 36.8. The zero-order valence-corrected chi connectivity index (χ0v) is 13.2. The van der Waals surface area contributed by atoms with Crippen LogP contribution >= 0.6 is 7.60 Å². The van der Waals surface area contributed by atoms with Gasteiger partial charge in [0.15, 0.2) is 0 Å².